The van der Waals surface area contributed by atoms with E-state index in [1.807, 2.05) is 11.9 Å². The van der Waals surface area contributed by atoms with Gasteiger partial charge in [0.2, 0.25) is 5.91 Å². The molecule has 1 N–H and O–H groups in total. The largest absolute Gasteiger partial charge is 0.356 e. The van der Waals surface area contributed by atoms with Crippen LogP contribution in [-0.4, -0.2) is 55.9 Å². The lowest BCUT2D eigenvalue weighted by Crippen LogP contribution is -2.41. The average molecular weight is 450 g/mol. The van der Waals surface area contributed by atoms with Crippen molar-refractivity contribution in [2.45, 2.75) is 20.4 Å². The lowest BCUT2D eigenvalue weighted by Gasteiger charge is -2.23. The summed E-state index contributed by atoms with van der Waals surface area (Å²) in [4.78, 5) is 19.6. The Morgan fingerprint density at radius 3 is 2.29 bits per heavy atom. The van der Waals surface area contributed by atoms with E-state index in [4.69, 9.17) is 0 Å². The van der Waals surface area contributed by atoms with Crippen LogP contribution in [0.4, 0.5) is 4.39 Å². The van der Waals surface area contributed by atoms with Crippen molar-refractivity contribution >= 4 is 35.8 Å². The van der Waals surface area contributed by atoms with Gasteiger partial charge in [-0.25, -0.2) is 9.38 Å². The predicted octanol–water partition coefficient (Wildman–Crippen LogP) is 2.57. The van der Waals surface area contributed by atoms with Crippen molar-refractivity contribution in [1.29, 1.82) is 0 Å². The van der Waals surface area contributed by atoms with Crippen molar-refractivity contribution in [3.8, 4) is 0 Å². The van der Waals surface area contributed by atoms with Crippen LogP contribution in [0, 0.1) is 11.7 Å². The second-order valence-corrected chi connectivity index (χ2v) is 6.19. The van der Waals surface area contributed by atoms with Gasteiger partial charge in [-0.1, -0.05) is 26.0 Å². The molecule has 0 atom stereocenters. The van der Waals surface area contributed by atoms with Crippen LogP contribution in [0.2, 0.25) is 0 Å². The van der Waals surface area contributed by atoms with Gasteiger partial charge in [0.15, 0.2) is 5.96 Å². The monoisotopic (exact) mass is 450 g/mol. The van der Waals surface area contributed by atoms with Gasteiger partial charge >= 0.3 is 0 Å². The molecule has 1 rings (SSSR count). The molecule has 1 amide bonds. The summed E-state index contributed by atoms with van der Waals surface area (Å²) in [5.74, 6) is 0.825. The summed E-state index contributed by atoms with van der Waals surface area (Å²) in [5, 5.41) is 3.28. The van der Waals surface area contributed by atoms with Gasteiger partial charge in [-0.05, 0) is 23.6 Å². The molecular weight excluding hydrogens is 422 g/mol. The first-order valence-corrected chi connectivity index (χ1v) is 7.73. The smallest absolute Gasteiger partial charge is 0.243 e. The first-order valence-electron chi connectivity index (χ1n) is 7.73. The van der Waals surface area contributed by atoms with Crippen LogP contribution >= 0.6 is 24.0 Å². The molecule has 136 valence electrons. The lowest BCUT2D eigenvalue weighted by molar-refractivity contribution is -0.127. The third-order valence-electron chi connectivity index (χ3n) is 3.23. The average Bonchev–Trinajstić information content (AvgIpc) is 2.48. The normalized spacial score (nSPS) is 11.0. The van der Waals surface area contributed by atoms with Crippen LogP contribution < -0.4 is 5.32 Å². The van der Waals surface area contributed by atoms with Crippen LogP contribution in [-0.2, 0) is 11.3 Å². The van der Waals surface area contributed by atoms with E-state index in [1.54, 1.807) is 26.2 Å². The van der Waals surface area contributed by atoms with Crippen molar-refractivity contribution in [3.05, 3.63) is 35.6 Å². The highest BCUT2D eigenvalue weighted by atomic mass is 127. The number of likely N-dealkylation sites (N-methyl/N-ethyl adjacent to an activating group) is 1. The fourth-order valence-electron chi connectivity index (χ4n) is 1.83. The number of hydrogen-bond donors (Lipinski definition) is 1. The van der Waals surface area contributed by atoms with Crippen molar-refractivity contribution in [2.75, 3.05) is 34.2 Å². The number of hydrogen-bond acceptors (Lipinski definition) is 2. The number of amides is 1. The van der Waals surface area contributed by atoms with Gasteiger partial charge < -0.3 is 15.1 Å². The molecule has 0 radical (unpaired) electrons. The van der Waals surface area contributed by atoms with Gasteiger partial charge in [0.1, 0.15) is 12.4 Å². The summed E-state index contributed by atoms with van der Waals surface area (Å²) in [5.41, 5.74) is 0.979. The minimum Gasteiger partial charge on any atom is -0.356 e. The van der Waals surface area contributed by atoms with Crippen molar-refractivity contribution < 1.29 is 9.18 Å². The minimum absolute atomic E-state index is 0. The maximum absolute atomic E-state index is 13.0. The number of halogens is 2. The second-order valence-electron chi connectivity index (χ2n) is 6.19. The molecule has 0 aliphatic carbocycles. The quantitative estimate of drug-likeness (QED) is 0.412. The standard InChI is InChI=1S/C17H27FN4O.HI/c1-13(2)10-19-17(20-11-16(23)21(3)4)22(5)12-14-6-8-15(18)9-7-14;/h6-9,13H,10-12H2,1-5H3,(H,19,20);1H. The minimum atomic E-state index is -0.250. The van der Waals surface area contributed by atoms with Crippen LogP contribution in [0.15, 0.2) is 29.3 Å². The highest BCUT2D eigenvalue weighted by Gasteiger charge is 2.10. The Morgan fingerprint density at radius 1 is 1.21 bits per heavy atom. The molecule has 0 aromatic heterocycles. The van der Waals surface area contributed by atoms with E-state index in [1.165, 1.54) is 17.0 Å². The van der Waals surface area contributed by atoms with E-state index >= 15 is 0 Å². The van der Waals surface area contributed by atoms with Crippen molar-refractivity contribution in [3.63, 3.8) is 0 Å². The third kappa shape index (κ3) is 8.47. The van der Waals surface area contributed by atoms with E-state index in [9.17, 15) is 9.18 Å². The lowest BCUT2D eigenvalue weighted by atomic mass is 10.2. The molecule has 1 aromatic carbocycles. The Kier molecular flexibility index (Phi) is 10.6. The Bertz CT molecular complexity index is 532. The van der Waals surface area contributed by atoms with Crippen LogP contribution in [0.3, 0.4) is 0 Å². The van der Waals surface area contributed by atoms with Crippen molar-refractivity contribution in [1.82, 2.24) is 15.1 Å². The zero-order chi connectivity index (χ0) is 17.4. The fourth-order valence-corrected chi connectivity index (χ4v) is 1.83. The molecule has 0 saturated carbocycles. The highest BCUT2D eigenvalue weighted by Crippen LogP contribution is 2.06. The van der Waals surface area contributed by atoms with E-state index in [0.29, 0.717) is 18.4 Å². The first kappa shape index (κ1) is 22.6. The molecule has 0 heterocycles. The van der Waals surface area contributed by atoms with Gasteiger partial charge in [-0.15, -0.1) is 24.0 Å². The zero-order valence-corrected chi connectivity index (χ0v) is 17.4. The molecular formula is C17H28FIN4O. The number of aliphatic imine (C=N–C) groups is 1. The summed E-state index contributed by atoms with van der Waals surface area (Å²) in [6.45, 7) is 5.66. The zero-order valence-electron chi connectivity index (χ0n) is 15.0. The summed E-state index contributed by atoms with van der Waals surface area (Å²) in [6, 6.07) is 6.38. The Balaban J connectivity index is 0.00000529. The van der Waals surface area contributed by atoms with Gasteiger partial charge in [-0.2, -0.15) is 0 Å². The van der Waals surface area contributed by atoms with E-state index in [-0.39, 0.29) is 42.2 Å². The summed E-state index contributed by atoms with van der Waals surface area (Å²) in [7, 11) is 5.32. The summed E-state index contributed by atoms with van der Waals surface area (Å²) >= 11 is 0. The molecule has 0 aliphatic rings. The topological polar surface area (TPSA) is 47.9 Å². The summed E-state index contributed by atoms with van der Waals surface area (Å²) < 4.78 is 13.0. The molecule has 0 spiro atoms. The molecule has 24 heavy (non-hydrogen) atoms. The molecule has 1 aromatic rings. The Labute approximate surface area is 161 Å². The van der Waals surface area contributed by atoms with Gasteiger partial charge in [-0.3, -0.25) is 4.79 Å². The highest BCUT2D eigenvalue weighted by molar-refractivity contribution is 14.0. The van der Waals surface area contributed by atoms with E-state index < -0.39 is 0 Å². The first-order chi connectivity index (χ1) is 10.8. The summed E-state index contributed by atoms with van der Waals surface area (Å²) in [6.07, 6.45) is 0. The SMILES string of the molecule is CC(C)CNC(=NCC(=O)N(C)C)N(C)Cc1ccc(F)cc1.I. The Hall–Kier alpha value is -1.38. The van der Waals surface area contributed by atoms with Gasteiger partial charge in [0, 0.05) is 34.2 Å². The number of rotatable bonds is 6. The van der Waals surface area contributed by atoms with Crippen LogP contribution in [0.25, 0.3) is 0 Å². The number of carbonyl (C=O) groups excluding carboxylic acids is 1. The van der Waals surface area contributed by atoms with Crippen LogP contribution in [0.5, 0.6) is 0 Å². The number of carbonyl (C=O) groups is 1. The third-order valence-corrected chi connectivity index (χ3v) is 3.23. The number of guanidine groups is 1. The van der Waals surface area contributed by atoms with Crippen molar-refractivity contribution in [2.24, 2.45) is 10.9 Å². The fraction of sp³-hybridized carbons (Fsp3) is 0.529. The van der Waals surface area contributed by atoms with Gasteiger partial charge in [0.25, 0.3) is 0 Å². The van der Waals surface area contributed by atoms with Crippen LogP contribution in [0.1, 0.15) is 19.4 Å². The molecule has 0 bridgehead atoms. The maximum atomic E-state index is 13.0. The number of benzene rings is 1. The maximum Gasteiger partial charge on any atom is 0.243 e. The molecule has 0 fully saturated rings. The predicted molar refractivity (Wildman–Crippen MR) is 107 cm³/mol. The van der Waals surface area contributed by atoms with E-state index in [0.717, 1.165) is 12.1 Å². The second kappa shape index (κ2) is 11.2. The molecule has 0 unspecified atom stereocenters. The number of nitrogens with zero attached hydrogens (tertiary/aromatic N) is 3. The number of nitrogens with one attached hydrogen (secondary N) is 1. The van der Waals surface area contributed by atoms with E-state index in [2.05, 4.69) is 24.2 Å². The Morgan fingerprint density at radius 2 is 1.79 bits per heavy atom. The molecule has 7 heteroatoms. The molecule has 5 nitrogen and oxygen atoms in total. The molecule has 0 saturated heterocycles. The molecule has 0 aliphatic heterocycles. The van der Waals surface area contributed by atoms with Gasteiger partial charge in [0.05, 0.1) is 0 Å².